The average molecular weight is 226 g/mol. The second kappa shape index (κ2) is 4.72. The number of hydrogen-bond acceptors (Lipinski definition) is 3. The van der Waals surface area contributed by atoms with Crippen molar-refractivity contribution in [1.29, 1.82) is 0 Å². The van der Waals surface area contributed by atoms with Crippen LogP contribution in [0.25, 0.3) is 0 Å². The van der Waals surface area contributed by atoms with Gasteiger partial charge in [0.15, 0.2) is 0 Å². The van der Waals surface area contributed by atoms with E-state index in [1.165, 1.54) is 12.8 Å². The van der Waals surface area contributed by atoms with Crippen LogP contribution in [0.4, 0.5) is 0 Å². The van der Waals surface area contributed by atoms with Gasteiger partial charge < -0.3 is 15.4 Å². The third-order valence-corrected chi connectivity index (χ3v) is 3.68. The SMILES string of the molecule is CCNC1COCC1C(=O)NCC1(C)CC1. The van der Waals surface area contributed by atoms with Gasteiger partial charge in [0.2, 0.25) is 5.91 Å². The molecule has 4 nitrogen and oxygen atoms in total. The molecular weight excluding hydrogens is 204 g/mol. The summed E-state index contributed by atoms with van der Waals surface area (Å²) in [6.07, 6.45) is 2.48. The molecule has 2 atom stereocenters. The molecule has 1 aliphatic carbocycles. The highest BCUT2D eigenvalue weighted by Crippen LogP contribution is 2.44. The highest BCUT2D eigenvalue weighted by Gasteiger charge is 2.39. The molecule has 0 aromatic carbocycles. The highest BCUT2D eigenvalue weighted by molar-refractivity contribution is 5.80. The predicted molar refractivity (Wildman–Crippen MR) is 62.1 cm³/mol. The molecule has 2 unspecified atom stereocenters. The Morgan fingerprint density at radius 1 is 1.44 bits per heavy atom. The third-order valence-electron chi connectivity index (χ3n) is 3.68. The number of rotatable bonds is 5. The van der Waals surface area contributed by atoms with Gasteiger partial charge >= 0.3 is 0 Å². The molecule has 1 saturated heterocycles. The van der Waals surface area contributed by atoms with E-state index in [0.29, 0.717) is 18.6 Å². The lowest BCUT2D eigenvalue weighted by Crippen LogP contribution is -2.44. The first-order chi connectivity index (χ1) is 7.64. The molecule has 1 saturated carbocycles. The molecule has 0 spiro atoms. The van der Waals surface area contributed by atoms with Gasteiger partial charge in [-0.3, -0.25) is 4.79 Å². The van der Waals surface area contributed by atoms with Gasteiger partial charge in [-0.25, -0.2) is 0 Å². The van der Waals surface area contributed by atoms with E-state index in [-0.39, 0.29) is 17.9 Å². The Labute approximate surface area is 97.1 Å². The van der Waals surface area contributed by atoms with Gasteiger partial charge in [-0.15, -0.1) is 0 Å². The number of carbonyl (C=O) groups is 1. The maximum Gasteiger partial charge on any atom is 0.227 e. The Morgan fingerprint density at radius 2 is 2.19 bits per heavy atom. The van der Waals surface area contributed by atoms with Crippen molar-refractivity contribution in [3.63, 3.8) is 0 Å². The second-order valence-electron chi connectivity index (χ2n) is 5.34. The van der Waals surface area contributed by atoms with Crippen molar-refractivity contribution in [2.24, 2.45) is 11.3 Å². The van der Waals surface area contributed by atoms with E-state index in [0.717, 1.165) is 13.1 Å². The van der Waals surface area contributed by atoms with Crippen molar-refractivity contribution < 1.29 is 9.53 Å². The van der Waals surface area contributed by atoms with Crippen LogP contribution in [0.15, 0.2) is 0 Å². The molecule has 0 bridgehead atoms. The Bertz CT molecular complexity index is 264. The number of amides is 1. The largest absolute Gasteiger partial charge is 0.379 e. The quantitative estimate of drug-likeness (QED) is 0.719. The van der Waals surface area contributed by atoms with E-state index in [9.17, 15) is 4.79 Å². The summed E-state index contributed by atoms with van der Waals surface area (Å²) in [6, 6.07) is 0.192. The van der Waals surface area contributed by atoms with Gasteiger partial charge in [-0.2, -0.15) is 0 Å². The molecule has 0 aromatic rings. The van der Waals surface area contributed by atoms with Crippen LogP contribution in [0.3, 0.4) is 0 Å². The first kappa shape index (κ1) is 11.9. The summed E-state index contributed by atoms with van der Waals surface area (Å²) >= 11 is 0. The minimum atomic E-state index is -0.0118. The van der Waals surface area contributed by atoms with Gasteiger partial charge in [0.1, 0.15) is 0 Å². The molecule has 2 N–H and O–H groups in total. The highest BCUT2D eigenvalue weighted by atomic mass is 16.5. The zero-order valence-corrected chi connectivity index (χ0v) is 10.2. The fourth-order valence-electron chi connectivity index (χ4n) is 2.10. The summed E-state index contributed by atoms with van der Waals surface area (Å²) in [7, 11) is 0. The van der Waals surface area contributed by atoms with Crippen LogP contribution in [-0.2, 0) is 9.53 Å². The molecule has 1 amide bonds. The van der Waals surface area contributed by atoms with Crippen LogP contribution >= 0.6 is 0 Å². The van der Waals surface area contributed by atoms with Crippen molar-refractivity contribution in [2.75, 3.05) is 26.3 Å². The first-order valence-corrected chi connectivity index (χ1v) is 6.23. The number of nitrogens with one attached hydrogen (secondary N) is 2. The number of likely N-dealkylation sites (N-methyl/N-ethyl adjacent to an activating group) is 1. The van der Waals surface area contributed by atoms with Crippen molar-refractivity contribution >= 4 is 5.91 Å². The Kier molecular flexibility index (Phi) is 3.50. The van der Waals surface area contributed by atoms with E-state index in [4.69, 9.17) is 4.74 Å². The van der Waals surface area contributed by atoms with E-state index in [1.807, 2.05) is 0 Å². The summed E-state index contributed by atoms with van der Waals surface area (Å²) in [6.45, 7) is 7.19. The molecule has 1 aliphatic heterocycles. The van der Waals surface area contributed by atoms with Crippen LogP contribution in [-0.4, -0.2) is 38.3 Å². The van der Waals surface area contributed by atoms with Crippen LogP contribution < -0.4 is 10.6 Å². The molecule has 0 radical (unpaired) electrons. The average Bonchev–Trinajstić information content (AvgIpc) is 2.81. The van der Waals surface area contributed by atoms with Crippen molar-refractivity contribution in [2.45, 2.75) is 32.7 Å². The fraction of sp³-hybridized carbons (Fsp3) is 0.917. The third kappa shape index (κ3) is 2.74. The smallest absolute Gasteiger partial charge is 0.227 e. The lowest BCUT2D eigenvalue weighted by Gasteiger charge is -2.19. The maximum absolute atomic E-state index is 12.0. The van der Waals surface area contributed by atoms with Gasteiger partial charge in [-0.1, -0.05) is 13.8 Å². The number of hydrogen-bond donors (Lipinski definition) is 2. The van der Waals surface area contributed by atoms with Gasteiger partial charge in [0.05, 0.1) is 19.1 Å². The summed E-state index contributed by atoms with van der Waals surface area (Å²) in [4.78, 5) is 12.0. The molecule has 16 heavy (non-hydrogen) atoms. The Balaban J connectivity index is 1.78. The molecule has 1 heterocycles. The summed E-state index contributed by atoms with van der Waals surface area (Å²) in [5, 5.41) is 6.36. The Morgan fingerprint density at radius 3 is 2.81 bits per heavy atom. The van der Waals surface area contributed by atoms with E-state index in [1.54, 1.807) is 0 Å². The molecule has 2 fully saturated rings. The van der Waals surface area contributed by atoms with Crippen LogP contribution in [0, 0.1) is 11.3 Å². The molecular formula is C12H22N2O2. The molecule has 4 heteroatoms. The predicted octanol–water partition coefficient (Wildman–Crippen LogP) is 0.527. The summed E-state index contributed by atoms with van der Waals surface area (Å²) in [5.41, 5.74) is 0.378. The van der Waals surface area contributed by atoms with E-state index < -0.39 is 0 Å². The minimum Gasteiger partial charge on any atom is -0.379 e. The number of carbonyl (C=O) groups excluding carboxylic acids is 1. The van der Waals surface area contributed by atoms with E-state index >= 15 is 0 Å². The zero-order chi connectivity index (χ0) is 11.6. The van der Waals surface area contributed by atoms with Gasteiger partial charge in [0, 0.05) is 12.6 Å². The van der Waals surface area contributed by atoms with Crippen LogP contribution in [0.5, 0.6) is 0 Å². The maximum atomic E-state index is 12.0. The zero-order valence-electron chi connectivity index (χ0n) is 10.2. The normalized spacial score (nSPS) is 31.4. The minimum absolute atomic E-state index is 0.0118. The molecule has 2 rings (SSSR count). The van der Waals surface area contributed by atoms with Crippen molar-refractivity contribution in [3.05, 3.63) is 0 Å². The molecule has 2 aliphatic rings. The topological polar surface area (TPSA) is 50.4 Å². The number of ether oxygens (including phenoxy) is 1. The summed E-state index contributed by atoms with van der Waals surface area (Å²) in [5.74, 6) is 0.138. The van der Waals surface area contributed by atoms with Crippen molar-refractivity contribution in [3.8, 4) is 0 Å². The van der Waals surface area contributed by atoms with Gasteiger partial charge in [-0.05, 0) is 24.8 Å². The second-order valence-corrected chi connectivity index (χ2v) is 5.34. The lowest BCUT2D eigenvalue weighted by molar-refractivity contribution is -0.125. The van der Waals surface area contributed by atoms with Crippen LogP contribution in [0.2, 0.25) is 0 Å². The van der Waals surface area contributed by atoms with Crippen LogP contribution in [0.1, 0.15) is 26.7 Å². The first-order valence-electron chi connectivity index (χ1n) is 6.23. The standard InChI is InChI=1S/C12H22N2O2/c1-3-13-10-7-16-6-9(10)11(15)14-8-12(2)4-5-12/h9-10,13H,3-8H2,1-2H3,(H,14,15). The summed E-state index contributed by atoms with van der Waals surface area (Å²) < 4.78 is 5.37. The van der Waals surface area contributed by atoms with E-state index in [2.05, 4.69) is 24.5 Å². The monoisotopic (exact) mass is 226 g/mol. The fourth-order valence-corrected chi connectivity index (χ4v) is 2.10. The molecule has 92 valence electrons. The molecule has 0 aromatic heterocycles. The van der Waals surface area contributed by atoms with Gasteiger partial charge in [0.25, 0.3) is 0 Å². The Hall–Kier alpha value is -0.610. The van der Waals surface area contributed by atoms with Crippen molar-refractivity contribution in [1.82, 2.24) is 10.6 Å². The lowest BCUT2D eigenvalue weighted by atomic mass is 10.0.